The molecule has 1 rings (SSSR count). The summed E-state index contributed by atoms with van der Waals surface area (Å²) >= 11 is 5.91. The molecule has 0 spiro atoms. The van der Waals surface area contributed by atoms with Crippen LogP contribution in [0.1, 0.15) is 18.9 Å². The minimum atomic E-state index is 0.0991. The number of hydrogen-bond acceptors (Lipinski definition) is 2. The van der Waals surface area contributed by atoms with Crippen LogP contribution in [-0.4, -0.2) is 25.0 Å². The molecule has 3 nitrogen and oxygen atoms in total. The van der Waals surface area contributed by atoms with Crippen molar-refractivity contribution in [2.24, 2.45) is 0 Å². The van der Waals surface area contributed by atoms with Gasteiger partial charge in [0, 0.05) is 30.6 Å². The average molecular weight is 242 g/mol. The molecule has 0 aliphatic carbocycles. The summed E-state index contributed by atoms with van der Waals surface area (Å²) in [4.78, 5) is 13.1. The third-order valence-corrected chi connectivity index (χ3v) is 2.61. The lowest BCUT2D eigenvalue weighted by atomic mass is 10.2. The zero-order valence-electron chi connectivity index (χ0n) is 9.79. The SMILES string of the molecule is CCC(=O)N(C)Cc1cc(Cl)ccc1OC. The van der Waals surface area contributed by atoms with Gasteiger partial charge in [-0.05, 0) is 18.2 Å². The van der Waals surface area contributed by atoms with E-state index < -0.39 is 0 Å². The van der Waals surface area contributed by atoms with Crippen molar-refractivity contribution in [3.8, 4) is 5.75 Å². The van der Waals surface area contributed by atoms with Crippen LogP contribution < -0.4 is 4.74 Å². The highest BCUT2D eigenvalue weighted by molar-refractivity contribution is 6.30. The fraction of sp³-hybridized carbons (Fsp3) is 0.417. The molecule has 88 valence electrons. The average Bonchev–Trinajstić information content (AvgIpc) is 2.28. The molecule has 0 radical (unpaired) electrons. The minimum absolute atomic E-state index is 0.0991. The van der Waals surface area contributed by atoms with Gasteiger partial charge in [-0.3, -0.25) is 4.79 Å². The van der Waals surface area contributed by atoms with Crippen molar-refractivity contribution in [3.05, 3.63) is 28.8 Å². The Morgan fingerprint density at radius 1 is 1.50 bits per heavy atom. The molecule has 0 heterocycles. The van der Waals surface area contributed by atoms with Crippen LogP contribution in [0.2, 0.25) is 5.02 Å². The number of ether oxygens (including phenoxy) is 1. The van der Waals surface area contributed by atoms with E-state index >= 15 is 0 Å². The summed E-state index contributed by atoms with van der Waals surface area (Å²) in [6.07, 6.45) is 0.499. The van der Waals surface area contributed by atoms with Gasteiger partial charge in [0.2, 0.25) is 5.91 Å². The van der Waals surface area contributed by atoms with Crippen LogP contribution in [0.15, 0.2) is 18.2 Å². The van der Waals surface area contributed by atoms with E-state index in [0.717, 1.165) is 11.3 Å². The number of nitrogens with zero attached hydrogens (tertiary/aromatic N) is 1. The van der Waals surface area contributed by atoms with Gasteiger partial charge in [-0.15, -0.1) is 0 Å². The minimum Gasteiger partial charge on any atom is -0.496 e. The number of amides is 1. The molecule has 1 amide bonds. The highest BCUT2D eigenvalue weighted by Crippen LogP contribution is 2.23. The summed E-state index contributed by atoms with van der Waals surface area (Å²) in [6.45, 7) is 2.35. The fourth-order valence-corrected chi connectivity index (χ4v) is 1.68. The molecule has 0 saturated heterocycles. The lowest BCUT2D eigenvalue weighted by molar-refractivity contribution is -0.130. The van der Waals surface area contributed by atoms with Crippen molar-refractivity contribution in [3.63, 3.8) is 0 Å². The maximum atomic E-state index is 11.5. The highest BCUT2D eigenvalue weighted by Gasteiger charge is 2.10. The Balaban J connectivity index is 2.86. The highest BCUT2D eigenvalue weighted by atomic mass is 35.5. The number of methoxy groups -OCH3 is 1. The molecular weight excluding hydrogens is 226 g/mol. The molecule has 1 aromatic carbocycles. The first-order valence-corrected chi connectivity index (χ1v) is 5.52. The van der Waals surface area contributed by atoms with Gasteiger partial charge in [-0.2, -0.15) is 0 Å². The zero-order chi connectivity index (χ0) is 12.1. The standard InChI is InChI=1S/C12H16ClNO2/c1-4-12(15)14(2)8-9-7-10(13)5-6-11(9)16-3/h5-7H,4,8H2,1-3H3. The predicted molar refractivity (Wildman–Crippen MR) is 64.8 cm³/mol. The van der Waals surface area contributed by atoms with Gasteiger partial charge in [0.1, 0.15) is 5.75 Å². The topological polar surface area (TPSA) is 29.5 Å². The van der Waals surface area contributed by atoms with Crippen molar-refractivity contribution in [1.29, 1.82) is 0 Å². The third kappa shape index (κ3) is 3.14. The second kappa shape index (κ2) is 5.75. The summed E-state index contributed by atoms with van der Waals surface area (Å²) in [7, 11) is 3.38. The lowest BCUT2D eigenvalue weighted by Gasteiger charge is -2.18. The van der Waals surface area contributed by atoms with Crippen molar-refractivity contribution in [2.45, 2.75) is 19.9 Å². The fourth-order valence-electron chi connectivity index (χ4n) is 1.48. The molecule has 0 aliphatic rings. The van der Waals surface area contributed by atoms with Crippen LogP contribution in [0.25, 0.3) is 0 Å². The largest absolute Gasteiger partial charge is 0.496 e. The Morgan fingerprint density at radius 2 is 2.19 bits per heavy atom. The van der Waals surface area contributed by atoms with E-state index in [4.69, 9.17) is 16.3 Å². The summed E-state index contributed by atoms with van der Waals surface area (Å²) < 4.78 is 5.22. The molecular formula is C12H16ClNO2. The molecule has 16 heavy (non-hydrogen) atoms. The number of benzene rings is 1. The van der Waals surface area contributed by atoms with Crippen molar-refractivity contribution < 1.29 is 9.53 Å². The zero-order valence-corrected chi connectivity index (χ0v) is 10.5. The first kappa shape index (κ1) is 12.8. The number of halogens is 1. The van der Waals surface area contributed by atoms with Crippen molar-refractivity contribution in [2.75, 3.05) is 14.2 Å². The molecule has 0 N–H and O–H groups in total. The molecule has 0 fully saturated rings. The third-order valence-electron chi connectivity index (χ3n) is 2.38. The number of carbonyl (C=O) groups excluding carboxylic acids is 1. The van der Waals surface area contributed by atoms with Gasteiger partial charge in [0.05, 0.1) is 7.11 Å². The maximum absolute atomic E-state index is 11.5. The van der Waals surface area contributed by atoms with Crippen molar-refractivity contribution >= 4 is 17.5 Å². The molecule has 0 atom stereocenters. The Kier molecular flexibility index (Phi) is 4.62. The summed E-state index contributed by atoms with van der Waals surface area (Å²) in [6, 6.07) is 5.40. The Bertz CT molecular complexity index is 379. The van der Waals surface area contributed by atoms with Crippen LogP contribution >= 0.6 is 11.6 Å². The molecule has 0 unspecified atom stereocenters. The molecule has 1 aromatic rings. The van der Waals surface area contributed by atoms with Crippen LogP contribution in [0.5, 0.6) is 5.75 Å². The molecule has 0 aliphatic heterocycles. The summed E-state index contributed by atoms with van der Waals surface area (Å²) in [5, 5.41) is 0.646. The van der Waals surface area contributed by atoms with E-state index in [1.165, 1.54) is 0 Å². The first-order chi connectivity index (χ1) is 7.58. The molecule has 0 aromatic heterocycles. The van der Waals surface area contributed by atoms with E-state index in [9.17, 15) is 4.79 Å². The van der Waals surface area contributed by atoms with Gasteiger partial charge in [-0.1, -0.05) is 18.5 Å². The van der Waals surface area contributed by atoms with E-state index in [0.29, 0.717) is 18.0 Å². The smallest absolute Gasteiger partial charge is 0.222 e. The first-order valence-electron chi connectivity index (χ1n) is 5.14. The summed E-state index contributed by atoms with van der Waals surface area (Å²) in [5.74, 6) is 0.849. The number of carbonyl (C=O) groups is 1. The van der Waals surface area contributed by atoms with Gasteiger partial charge in [0.15, 0.2) is 0 Å². The van der Waals surface area contributed by atoms with Gasteiger partial charge in [0.25, 0.3) is 0 Å². The molecule has 0 saturated carbocycles. The predicted octanol–water partition coefficient (Wildman–Crippen LogP) is 2.72. The Labute approximate surface area is 101 Å². The van der Waals surface area contributed by atoms with E-state index in [2.05, 4.69) is 0 Å². The summed E-state index contributed by atoms with van der Waals surface area (Å²) in [5.41, 5.74) is 0.916. The van der Waals surface area contributed by atoms with E-state index in [1.807, 2.05) is 19.1 Å². The number of hydrogen-bond donors (Lipinski definition) is 0. The second-order valence-electron chi connectivity index (χ2n) is 3.56. The van der Waals surface area contributed by atoms with Crippen LogP contribution in [0, 0.1) is 0 Å². The van der Waals surface area contributed by atoms with E-state index in [1.54, 1.807) is 25.1 Å². The Hall–Kier alpha value is -1.22. The lowest BCUT2D eigenvalue weighted by Crippen LogP contribution is -2.25. The maximum Gasteiger partial charge on any atom is 0.222 e. The normalized spacial score (nSPS) is 10.0. The van der Waals surface area contributed by atoms with Crippen molar-refractivity contribution in [1.82, 2.24) is 4.90 Å². The molecule has 0 bridgehead atoms. The van der Waals surface area contributed by atoms with Gasteiger partial charge in [-0.25, -0.2) is 0 Å². The van der Waals surface area contributed by atoms with Gasteiger partial charge >= 0.3 is 0 Å². The van der Waals surface area contributed by atoms with Gasteiger partial charge < -0.3 is 9.64 Å². The Morgan fingerprint density at radius 3 is 2.75 bits per heavy atom. The second-order valence-corrected chi connectivity index (χ2v) is 4.00. The number of rotatable bonds is 4. The van der Waals surface area contributed by atoms with Crippen LogP contribution in [0.4, 0.5) is 0 Å². The van der Waals surface area contributed by atoms with Crippen LogP contribution in [-0.2, 0) is 11.3 Å². The molecule has 4 heteroatoms. The van der Waals surface area contributed by atoms with Crippen LogP contribution in [0.3, 0.4) is 0 Å². The monoisotopic (exact) mass is 241 g/mol. The quantitative estimate of drug-likeness (QED) is 0.811. The van der Waals surface area contributed by atoms with E-state index in [-0.39, 0.29) is 5.91 Å².